The highest BCUT2D eigenvalue weighted by atomic mass is 79.9. The van der Waals surface area contributed by atoms with E-state index in [1.54, 1.807) is 67.1 Å². The van der Waals surface area contributed by atoms with E-state index in [2.05, 4.69) is 83.6 Å². The number of tetrazole rings is 1. The largest absolute Gasteiger partial charge is 0.442 e. The minimum atomic E-state index is 0.414. The third-order valence-corrected chi connectivity index (χ3v) is 16.2. The smallest absolute Gasteiger partial charge is 0.263 e. The van der Waals surface area contributed by atoms with Crippen LogP contribution in [0.5, 0.6) is 0 Å². The standard InChI is InChI=1S/C18H11Cl2N7O.C18H10Cl2N4O.C10H5Cl2N3O.C8H6BrN.C6H6Cl2N2/c19-12-7-14-15(8-13(12)20)27(17(22-14)18-21-5-6-28-18)9-10-1-3-11(4-2-10)16-23-25-26-24-16;19-13-7-15-16(8-14(13)20)24(17(23-15)18-22-5-6-25-18)10-12-3-1-11(9-21)2-4-12;11-5-3-7-8(4-6(5)12)15-9(14-7)10-13-1-2-16-10;9-5-7-1-3-8(6-10)4-2-7;7-3-1-5(9)6(10)2-4(3)8/h1-8H,9H2,(H,23,24,25,26);1-8H,10H2;1-4H,(H,14,15);1-4H,5H2;1-2H,9-10H2. The lowest BCUT2D eigenvalue weighted by atomic mass is 10.1. The van der Waals surface area contributed by atoms with Crippen LogP contribution in [0, 0.1) is 22.7 Å². The highest BCUT2D eigenvalue weighted by Crippen LogP contribution is 2.35. The topological polar surface area (TPSA) is 296 Å². The predicted molar refractivity (Wildman–Crippen MR) is 350 cm³/mol. The van der Waals surface area contributed by atoms with Gasteiger partial charge in [-0.2, -0.15) is 15.7 Å². The SMILES string of the molecule is Clc1cc2nc(-c3ncco3)[nH]c2cc1Cl.Clc1cc2nc(-c3ncco3)n(Cc3ccc(-c4nn[nH]n4)cc3)c2cc1Cl.N#Cc1ccc(CBr)cc1.N#Cc1ccc(Cn2c(-c3ncco3)nc3cc(Cl)c(Cl)cc32)cc1.Nc1cc(Cl)c(Cl)cc1N. The lowest BCUT2D eigenvalue weighted by Crippen LogP contribution is -2.02. The summed E-state index contributed by atoms with van der Waals surface area (Å²) >= 11 is 51.1. The van der Waals surface area contributed by atoms with Gasteiger partial charge in [-0.25, -0.2) is 29.9 Å². The summed E-state index contributed by atoms with van der Waals surface area (Å²) in [4.78, 5) is 29.0. The predicted octanol–water partition coefficient (Wildman–Crippen LogP) is 17.3. The maximum atomic E-state index is 8.94. The van der Waals surface area contributed by atoms with Crippen molar-refractivity contribution in [3.8, 4) is 58.7 Å². The Balaban J connectivity index is 0.000000130. The number of H-pyrrole nitrogens is 2. The summed E-state index contributed by atoms with van der Waals surface area (Å²) in [5, 5.41) is 35.8. The monoisotopic (exact) mass is 1400 g/mol. The number of benzene rings is 7. The van der Waals surface area contributed by atoms with E-state index < -0.39 is 0 Å². The van der Waals surface area contributed by atoms with Crippen molar-refractivity contribution < 1.29 is 13.3 Å². The first-order valence-electron chi connectivity index (χ1n) is 25.7. The van der Waals surface area contributed by atoms with Crippen LogP contribution in [0.15, 0.2) is 172 Å². The fraction of sp³-hybridized carbons (Fsp3) is 0.0500. The highest BCUT2D eigenvalue weighted by molar-refractivity contribution is 9.08. The van der Waals surface area contributed by atoms with Gasteiger partial charge in [-0.15, -0.1) is 10.2 Å². The van der Waals surface area contributed by atoms with E-state index in [-0.39, 0.29) is 0 Å². The number of aromatic amines is 2. The number of alkyl halides is 1. The van der Waals surface area contributed by atoms with E-state index in [0.717, 1.165) is 44.1 Å². The lowest BCUT2D eigenvalue weighted by Gasteiger charge is -2.09. The average Bonchev–Trinajstić information content (AvgIpc) is 1.77. The van der Waals surface area contributed by atoms with Gasteiger partial charge in [-0.1, -0.05) is 157 Å². The molecule has 20 nitrogen and oxygen atoms in total. The molecule has 14 rings (SSSR count). The van der Waals surface area contributed by atoms with Gasteiger partial charge in [0.15, 0.2) is 17.5 Å². The van der Waals surface area contributed by atoms with Gasteiger partial charge in [0.05, 0.1) is 127 Å². The molecule has 0 bridgehead atoms. The van der Waals surface area contributed by atoms with Crippen LogP contribution in [0.3, 0.4) is 0 Å². The molecule has 14 aromatic rings. The summed E-state index contributed by atoms with van der Waals surface area (Å²) < 4.78 is 20.0. The van der Waals surface area contributed by atoms with Crippen LogP contribution < -0.4 is 11.5 Å². The molecule has 0 aliphatic carbocycles. The second-order valence-corrected chi connectivity index (χ2v) is 22.3. The van der Waals surface area contributed by atoms with Crippen LogP contribution in [-0.2, 0) is 18.4 Å². The summed E-state index contributed by atoms with van der Waals surface area (Å²) in [5.74, 6) is 3.55. The van der Waals surface area contributed by atoms with Gasteiger partial charge in [0, 0.05) is 24.0 Å². The Kier molecular flexibility index (Phi) is 20.5. The van der Waals surface area contributed by atoms with E-state index in [0.29, 0.717) is 128 Å². The van der Waals surface area contributed by atoms with Crippen LogP contribution in [0.2, 0.25) is 40.2 Å². The molecular weight excluding hydrogens is 1370 g/mol. The zero-order valence-corrected chi connectivity index (χ0v) is 52.9. The van der Waals surface area contributed by atoms with Crippen molar-refractivity contribution in [3.63, 3.8) is 0 Å². The number of anilines is 2. The molecule has 444 valence electrons. The number of nitriles is 2. The Morgan fingerprint density at radius 1 is 0.494 bits per heavy atom. The molecule has 0 fully saturated rings. The summed E-state index contributed by atoms with van der Waals surface area (Å²) in [6.45, 7) is 1.07. The van der Waals surface area contributed by atoms with Gasteiger partial charge in [0.2, 0.25) is 5.82 Å². The van der Waals surface area contributed by atoms with E-state index in [4.69, 9.17) is 128 Å². The highest BCUT2D eigenvalue weighted by Gasteiger charge is 2.20. The first-order valence-corrected chi connectivity index (χ1v) is 29.8. The van der Waals surface area contributed by atoms with Gasteiger partial charge >= 0.3 is 0 Å². The van der Waals surface area contributed by atoms with Crippen molar-refractivity contribution in [2.24, 2.45) is 0 Å². The molecule has 0 atom stereocenters. The van der Waals surface area contributed by atoms with Crippen molar-refractivity contribution in [2.75, 3.05) is 11.5 Å². The molecule has 0 radical (unpaired) electrons. The summed E-state index contributed by atoms with van der Waals surface area (Å²) in [7, 11) is 0. The van der Waals surface area contributed by atoms with Crippen LogP contribution in [0.1, 0.15) is 27.8 Å². The number of nitrogen functional groups attached to an aromatic ring is 2. The Morgan fingerprint density at radius 3 is 1.34 bits per heavy atom. The van der Waals surface area contributed by atoms with Gasteiger partial charge in [-0.3, -0.25) is 0 Å². The van der Waals surface area contributed by atoms with Crippen LogP contribution in [-0.4, -0.2) is 64.6 Å². The molecule has 7 heterocycles. The van der Waals surface area contributed by atoms with Gasteiger partial charge in [-0.05, 0) is 94.7 Å². The molecular formula is C60H38BrCl8N17O3. The van der Waals surface area contributed by atoms with Crippen molar-refractivity contribution in [2.45, 2.75) is 18.4 Å². The molecule has 0 saturated heterocycles. The molecule has 0 aliphatic heterocycles. The van der Waals surface area contributed by atoms with Gasteiger partial charge in [0.1, 0.15) is 18.8 Å². The van der Waals surface area contributed by atoms with E-state index in [9.17, 15) is 0 Å². The number of nitrogens with two attached hydrogens (primary N) is 2. The summed E-state index contributed by atoms with van der Waals surface area (Å²) in [6.07, 6.45) is 9.21. The number of hydrogen-bond donors (Lipinski definition) is 4. The molecule has 0 aliphatic rings. The molecule has 6 N–H and O–H groups in total. The molecule has 29 heteroatoms. The second-order valence-electron chi connectivity index (χ2n) is 18.5. The average molecular weight is 1410 g/mol. The third-order valence-electron chi connectivity index (χ3n) is 12.7. The molecule has 89 heavy (non-hydrogen) atoms. The Labute approximate surface area is 552 Å². The number of nitrogens with one attached hydrogen (secondary N) is 2. The first kappa shape index (κ1) is 63.1. The van der Waals surface area contributed by atoms with Crippen molar-refractivity contribution in [1.82, 2.24) is 64.6 Å². The minimum absolute atomic E-state index is 0.414. The lowest BCUT2D eigenvalue weighted by molar-refractivity contribution is 0.564. The quantitative estimate of drug-likeness (QED) is 0.0771. The number of halogens is 9. The fourth-order valence-corrected chi connectivity index (χ4v) is 10.0. The number of aromatic nitrogens is 13. The molecule has 0 unspecified atom stereocenters. The Hall–Kier alpha value is -8.97. The molecule has 7 aromatic carbocycles. The Bertz CT molecular complexity index is 4710. The maximum Gasteiger partial charge on any atom is 0.263 e. The van der Waals surface area contributed by atoms with Gasteiger partial charge in [0.25, 0.3) is 17.7 Å². The number of rotatable bonds is 9. The molecule has 0 saturated carbocycles. The number of imidazole rings is 3. The first-order chi connectivity index (χ1) is 43.0. The fourth-order valence-electron chi connectivity index (χ4n) is 8.34. The van der Waals surface area contributed by atoms with Crippen LogP contribution in [0.4, 0.5) is 11.4 Å². The Morgan fingerprint density at radius 2 is 0.910 bits per heavy atom. The van der Waals surface area contributed by atoms with Gasteiger partial charge < -0.3 is 38.8 Å². The number of oxazole rings is 3. The van der Waals surface area contributed by atoms with E-state index in [1.165, 1.54) is 36.5 Å². The minimum Gasteiger partial charge on any atom is -0.442 e. The van der Waals surface area contributed by atoms with Crippen LogP contribution >= 0.6 is 109 Å². The van der Waals surface area contributed by atoms with Crippen LogP contribution in [0.25, 0.3) is 79.6 Å². The van der Waals surface area contributed by atoms with E-state index >= 15 is 0 Å². The molecule has 7 aromatic heterocycles. The van der Waals surface area contributed by atoms with E-state index in [1.807, 2.05) is 69.8 Å². The second kappa shape index (κ2) is 28.9. The summed E-state index contributed by atoms with van der Waals surface area (Å²) in [5.41, 5.74) is 21.8. The number of nitrogens with zero attached hydrogens (tertiary/aromatic N) is 13. The number of fused-ring (bicyclic) bond motifs is 3. The summed E-state index contributed by atoms with van der Waals surface area (Å²) in [6, 6.07) is 40.4. The third kappa shape index (κ3) is 15.3. The zero-order chi connectivity index (χ0) is 62.7. The maximum absolute atomic E-state index is 8.94. The molecule has 0 amide bonds. The normalized spacial score (nSPS) is 10.7. The molecule has 0 spiro atoms. The zero-order valence-electron chi connectivity index (χ0n) is 45.2. The van der Waals surface area contributed by atoms with Crippen molar-refractivity contribution in [3.05, 3.63) is 227 Å². The number of hydrogen-bond acceptors (Lipinski definition) is 16. The van der Waals surface area contributed by atoms with Crippen molar-refractivity contribution >= 4 is 153 Å². The van der Waals surface area contributed by atoms with Crippen molar-refractivity contribution in [1.29, 1.82) is 10.5 Å².